The molecule has 2 rings (SSSR count). The number of hydrogen-bond acceptors (Lipinski definition) is 2. The SMILES string of the molecule is C=C1C=C2SCCCN2C=C1C.CC. The molecule has 2 heterocycles. The molecule has 0 aliphatic carbocycles. The molecule has 0 spiro atoms. The van der Waals surface area contributed by atoms with Crippen molar-refractivity contribution < 1.29 is 0 Å². The van der Waals surface area contributed by atoms with Gasteiger partial charge in [-0.15, -0.1) is 11.8 Å². The van der Waals surface area contributed by atoms with E-state index in [0.717, 1.165) is 5.57 Å². The highest BCUT2D eigenvalue weighted by Crippen LogP contribution is 2.33. The van der Waals surface area contributed by atoms with Crippen molar-refractivity contribution in [3.63, 3.8) is 0 Å². The molecule has 0 saturated carbocycles. The molecular formula is C12H19NS. The van der Waals surface area contributed by atoms with Gasteiger partial charge in [0.1, 0.15) is 0 Å². The lowest BCUT2D eigenvalue weighted by Crippen LogP contribution is -2.24. The summed E-state index contributed by atoms with van der Waals surface area (Å²) < 4.78 is 0. The molecule has 0 aromatic carbocycles. The minimum absolute atomic E-state index is 1.16. The first-order valence-electron chi connectivity index (χ1n) is 5.26. The smallest absolute Gasteiger partial charge is 0.0753 e. The van der Waals surface area contributed by atoms with Gasteiger partial charge in [0.2, 0.25) is 0 Å². The summed E-state index contributed by atoms with van der Waals surface area (Å²) >= 11 is 1.93. The van der Waals surface area contributed by atoms with E-state index in [1.165, 1.54) is 29.3 Å². The van der Waals surface area contributed by atoms with Gasteiger partial charge in [-0.3, -0.25) is 0 Å². The molecule has 0 aromatic heterocycles. The van der Waals surface area contributed by atoms with Crippen LogP contribution in [-0.4, -0.2) is 17.2 Å². The van der Waals surface area contributed by atoms with E-state index in [1.54, 1.807) is 0 Å². The molecule has 1 saturated heterocycles. The molecule has 0 aromatic rings. The normalized spacial score (nSPS) is 20.2. The van der Waals surface area contributed by atoms with E-state index in [1.807, 2.05) is 25.6 Å². The lowest BCUT2D eigenvalue weighted by Gasteiger charge is -2.31. The van der Waals surface area contributed by atoms with E-state index >= 15 is 0 Å². The van der Waals surface area contributed by atoms with Crippen molar-refractivity contribution in [1.82, 2.24) is 4.90 Å². The summed E-state index contributed by atoms with van der Waals surface area (Å²) in [6, 6.07) is 0. The quantitative estimate of drug-likeness (QED) is 0.597. The van der Waals surface area contributed by atoms with Crippen LogP contribution in [0, 0.1) is 0 Å². The van der Waals surface area contributed by atoms with E-state index in [9.17, 15) is 0 Å². The van der Waals surface area contributed by atoms with Gasteiger partial charge in [-0.05, 0) is 30.6 Å². The highest BCUT2D eigenvalue weighted by atomic mass is 32.2. The predicted molar refractivity (Wildman–Crippen MR) is 66.1 cm³/mol. The van der Waals surface area contributed by atoms with E-state index < -0.39 is 0 Å². The van der Waals surface area contributed by atoms with E-state index in [4.69, 9.17) is 0 Å². The Hall–Kier alpha value is -0.630. The van der Waals surface area contributed by atoms with Crippen LogP contribution in [0.15, 0.2) is 35.0 Å². The first-order chi connectivity index (χ1) is 6.77. The molecule has 1 fully saturated rings. The molecule has 0 bridgehead atoms. The number of hydrogen-bond donors (Lipinski definition) is 0. The monoisotopic (exact) mass is 209 g/mol. The second kappa shape index (κ2) is 5.30. The fourth-order valence-electron chi connectivity index (χ4n) is 1.44. The average molecular weight is 209 g/mol. The molecule has 0 atom stereocenters. The molecular weight excluding hydrogens is 190 g/mol. The van der Waals surface area contributed by atoms with E-state index in [-0.39, 0.29) is 0 Å². The summed E-state index contributed by atoms with van der Waals surface area (Å²) in [6.07, 6.45) is 5.70. The third kappa shape index (κ3) is 2.44. The molecule has 2 aliphatic heterocycles. The molecule has 2 aliphatic rings. The molecule has 0 N–H and O–H groups in total. The second-order valence-corrected chi connectivity index (χ2v) is 4.33. The molecule has 0 radical (unpaired) electrons. The Bertz CT molecular complexity index is 276. The molecule has 2 heteroatoms. The van der Waals surface area contributed by atoms with Crippen molar-refractivity contribution in [3.8, 4) is 0 Å². The highest BCUT2D eigenvalue weighted by Gasteiger charge is 2.17. The van der Waals surface area contributed by atoms with Gasteiger partial charge in [-0.25, -0.2) is 0 Å². The zero-order valence-electron chi connectivity index (χ0n) is 9.34. The zero-order chi connectivity index (χ0) is 10.6. The number of rotatable bonds is 0. The van der Waals surface area contributed by atoms with Crippen molar-refractivity contribution in [1.29, 1.82) is 0 Å². The van der Waals surface area contributed by atoms with Crippen molar-refractivity contribution in [2.45, 2.75) is 27.2 Å². The maximum Gasteiger partial charge on any atom is 0.0753 e. The van der Waals surface area contributed by atoms with Gasteiger partial charge in [0.25, 0.3) is 0 Å². The summed E-state index contributed by atoms with van der Waals surface area (Å²) in [6.45, 7) is 11.3. The lowest BCUT2D eigenvalue weighted by atomic mass is 10.1. The standard InChI is InChI=1S/C10H13NS.C2H6/c1-8-6-10-11(7-9(8)2)4-3-5-12-10;1-2/h6-7H,1,3-5H2,2H3;1-2H3. The van der Waals surface area contributed by atoms with Crippen LogP contribution in [0.3, 0.4) is 0 Å². The Morgan fingerprint density at radius 2 is 2.14 bits per heavy atom. The first-order valence-corrected chi connectivity index (χ1v) is 6.25. The van der Waals surface area contributed by atoms with Gasteiger partial charge in [-0.1, -0.05) is 20.4 Å². The number of allylic oxidation sites excluding steroid dienone is 3. The summed E-state index contributed by atoms with van der Waals surface area (Å²) in [7, 11) is 0. The molecule has 1 nitrogen and oxygen atoms in total. The number of nitrogens with zero attached hydrogens (tertiary/aromatic N) is 1. The fourth-order valence-corrected chi connectivity index (χ4v) is 2.46. The van der Waals surface area contributed by atoms with Crippen LogP contribution in [0.2, 0.25) is 0 Å². The van der Waals surface area contributed by atoms with Crippen molar-refractivity contribution >= 4 is 11.8 Å². The maximum atomic E-state index is 4.00. The average Bonchev–Trinajstić information content (AvgIpc) is 2.23. The summed E-state index contributed by atoms with van der Waals surface area (Å²) in [5.74, 6) is 1.25. The maximum absolute atomic E-state index is 4.00. The Labute approximate surface area is 91.6 Å². The third-order valence-electron chi connectivity index (χ3n) is 2.23. The second-order valence-electron chi connectivity index (χ2n) is 3.22. The van der Waals surface area contributed by atoms with Crippen LogP contribution in [0.1, 0.15) is 27.2 Å². The Balaban J connectivity index is 0.000000461. The minimum Gasteiger partial charge on any atom is -0.342 e. The van der Waals surface area contributed by atoms with Gasteiger partial charge in [0, 0.05) is 18.5 Å². The van der Waals surface area contributed by atoms with Crippen LogP contribution < -0.4 is 0 Å². The highest BCUT2D eigenvalue weighted by molar-refractivity contribution is 8.03. The Kier molecular flexibility index (Phi) is 4.33. The van der Waals surface area contributed by atoms with Gasteiger partial charge in [-0.2, -0.15) is 0 Å². The van der Waals surface area contributed by atoms with Crippen LogP contribution in [0.25, 0.3) is 0 Å². The van der Waals surface area contributed by atoms with Crippen LogP contribution in [0.5, 0.6) is 0 Å². The van der Waals surface area contributed by atoms with Gasteiger partial charge in [0.15, 0.2) is 0 Å². The van der Waals surface area contributed by atoms with Crippen molar-refractivity contribution in [2.75, 3.05) is 12.3 Å². The van der Waals surface area contributed by atoms with Gasteiger partial charge in [0.05, 0.1) is 5.03 Å². The third-order valence-corrected chi connectivity index (χ3v) is 3.37. The summed E-state index contributed by atoms with van der Waals surface area (Å²) in [5.41, 5.74) is 2.46. The molecule has 0 amide bonds. The van der Waals surface area contributed by atoms with E-state index in [2.05, 4.69) is 30.7 Å². The first kappa shape index (κ1) is 11.4. The topological polar surface area (TPSA) is 3.24 Å². The van der Waals surface area contributed by atoms with Crippen LogP contribution in [-0.2, 0) is 0 Å². The Morgan fingerprint density at radius 1 is 1.43 bits per heavy atom. The lowest BCUT2D eigenvalue weighted by molar-refractivity contribution is 0.475. The number of thioether (sulfide) groups is 1. The van der Waals surface area contributed by atoms with Gasteiger partial charge < -0.3 is 4.90 Å². The minimum atomic E-state index is 1.16. The number of fused-ring (bicyclic) bond motifs is 1. The van der Waals surface area contributed by atoms with Crippen LogP contribution in [0.4, 0.5) is 0 Å². The van der Waals surface area contributed by atoms with Crippen molar-refractivity contribution in [3.05, 3.63) is 35.0 Å². The zero-order valence-corrected chi connectivity index (χ0v) is 10.2. The summed E-state index contributed by atoms with van der Waals surface area (Å²) in [4.78, 5) is 2.33. The van der Waals surface area contributed by atoms with E-state index in [0.29, 0.717) is 0 Å². The predicted octanol–water partition coefficient (Wildman–Crippen LogP) is 3.77. The molecule has 0 unspecified atom stereocenters. The Morgan fingerprint density at radius 3 is 2.86 bits per heavy atom. The van der Waals surface area contributed by atoms with Crippen molar-refractivity contribution in [2.24, 2.45) is 0 Å². The fraction of sp³-hybridized carbons (Fsp3) is 0.500. The van der Waals surface area contributed by atoms with Crippen LogP contribution >= 0.6 is 11.8 Å². The summed E-state index contributed by atoms with van der Waals surface area (Å²) in [5, 5.41) is 1.37. The van der Waals surface area contributed by atoms with Gasteiger partial charge >= 0.3 is 0 Å². The molecule has 78 valence electrons. The molecule has 14 heavy (non-hydrogen) atoms. The largest absolute Gasteiger partial charge is 0.342 e.